The van der Waals surface area contributed by atoms with E-state index in [4.69, 9.17) is 5.73 Å². The maximum atomic E-state index is 10.4. The molecule has 3 heteroatoms. The lowest BCUT2D eigenvalue weighted by molar-refractivity contribution is -0.113. The van der Waals surface area contributed by atoms with Crippen LogP contribution in [0.25, 0.3) is 0 Å². The van der Waals surface area contributed by atoms with Gasteiger partial charge < -0.3 is 5.73 Å². The zero-order valence-electron chi connectivity index (χ0n) is 4.29. The fourth-order valence-corrected chi connectivity index (χ4v) is 0.453. The van der Waals surface area contributed by atoms with E-state index in [1.165, 1.54) is 12.2 Å². The van der Waals surface area contributed by atoms with E-state index in [9.17, 15) is 4.79 Å². The molecule has 2 N–H and O–H groups in total. The molecule has 0 spiro atoms. The fraction of sp³-hybridized carbons (Fsp3) is 0.200. The van der Waals surface area contributed by atoms with Crippen LogP contribution in [0.3, 0.4) is 0 Å². The molecule has 0 saturated carbocycles. The van der Waals surface area contributed by atoms with E-state index in [0.29, 0.717) is 5.84 Å². The van der Waals surface area contributed by atoms with Gasteiger partial charge in [-0.1, -0.05) is 0 Å². The highest BCUT2D eigenvalue weighted by molar-refractivity contribution is 6.04. The summed E-state index contributed by atoms with van der Waals surface area (Å²) in [5.74, 6) is 0.448. The van der Waals surface area contributed by atoms with Crippen molar-refractivity contribution in [2.75, 3.05) is 6.54 Å². The molecule has 0 atom stereocenters. The number of aliphatic imine (C=N–C) groups is 1. The molecule has 3 nitrogen and oxygen atoms in total. The summed E-state index contributed by atoms with van der Waals surface area (Å²) >= 11 is 0. The summed E-state index contributed by atoms with van der Waals surface area (Å²) in [6, 6.07) is 0. The summed E-state index contributed by atoms with van der Waals surface area (Å²) in [5, 5.41) is 0. The molecule has 0 aromatic carbocycles. The predicted octanol–water partition coefficient (Wildman–Crippen LogP) is -0.518. The van der Waals surface area contributed by atoms with Gasteiger partial charge in [0.05, 0.1) is 0 Å². The molecular formula is C5H6N2O. The summed E-state index contributed by atoms with van der Waals surface area (Å²) in [4.78, 5) is 14.0. The third kappa shape index (κ3) is 0.932. The number of nitrogens with two attached hydrogens (primary N) is 1. The molecule has 0 amide bonds. The number of amidine groups is 1. The van der Waals surface area contributed by atoms with Crippen LogP contribution in [0.1, 0.15) is 0 Å². The summed E-state index contributed by atoms with van der Waals surface area (Å²) in [6.07, 6.45) is 2.94. The summed E-state index contributed by atoms with van der Waals surface area (Å²) in [7, 11) is 0. The van der Waals surface area contributed by atoms with Gasteiger partial charge >= 0.3 is 0 Å². The average Bonchev–Trinajstić information content (AvgIpc) is 1.77. The maximum Gasteiger partial charge on any atom is 0.177 e. The van der Waals surface area contributed by atoms with Gasteiger partial charge in [-0.15, -0.1) is 0 Å². The van der Waals surface area contributed by atoms with Crippen LogP contribution >= 0.6 is 0 Å². The zero-order chi connectivity index (χ0) is 5.98. The van der Waals surface area contributed by atoms with Crippen molar-refractivity contribution in [3.63, 3.8) is 0 Å². The Morgan fingerprint density at radius 3 is 2.75 bits per heavy atom. The first kappa shape index (κ1) is 5.03. The van der Waals surface area contributed by atoms with Crippen LogP contribution in [0.2, 0.25) is 0 Å². The Bertz CT molecular complexity index is 167. The van der Waals surface area contributed by atoms with E-state index in [1.807, 2.05) is 0 Å². The minimum absolute atomic E-state index is 0.0131. The van der Waals surface area contributed by atoms with Crippen LogP contribution in [0.5, 0.6) is 0 Å². The molecule has 1 aliphatic rings. The van der Waals surface area contributed by atoms with E-state index < -0.39 is 0 Å². The van der Waals surface area contributed by atoms with Crippen molar-refractivity contribution in [2.24, 2.45) is 10.7 Å². The van der Waals surface area contributed by atoms with Crippen LogP contribution < -0.4 is 5.73 Å². The van der Waals surface area contributed by atoms with Crippen molar-refractivity contribution in [1.82, 2.24) is 0 Å². The van der Waals surface area contributed by atoms with Gasteiger partial charge in [-0.2, -0.15) is 0 Å². The molecule has 0 aromatic rings. The Kier molecular flexibility index (Phi) is 1.12. The molecule has 0 saturated heterocycles. The molecule has 1 aliphatic heterocycles. The number of ketones is 1. The lowest BCUT2D eigenvalue weighted by atomic mass is 10.3. The number of nitrogens with zero attached hydrogens (tertiary/aromatic N) is 1. The molecule has 8 heavy (non-hydrogen) atoms. The smallest absolute Gasteiger partial charge is 0.177 e. The van der Waals surface area contributed by atoms with Crippen molar-refractivity contribution in [3.8, 4) is 0 Å². The summed E-state index contributed by atoms with van der Waals surface area (Å²) in [5.41, 5.74) is 5.21. The highest BCUT2D eigenvalue weighted by Gasteiger charge is 1.98. The molecule has 0 bridgehead atoms. The van der Waals surface area contributed by atoms with Crippen LogP contribution in [-0.4, -0.2) is 18.2 Å². The third-order valence-electron chi connectivity index (χ3n) is 0.857. The van der Waals surface area contributed by atoms with Crippen molar-refractivity contribution >= 4 is 11.6 Å². The van der Waals surface area contributed by atoms with Crippen molar-refractivity contribution in [2.45, 2.75) is 0 Å². The van der Waals surface area contributed by atoms with E-state index >= 15 is 0 Å². The molecule has 42 valence electrons. The van der Waals surface area contributed by atoms with Crippen molar-refractivity contribution in [1.29, 1.82) is 0 Å². The first-order chi connectivity index (χ1) is 3.79. The second-order valence-electron chi connectivity index (χ2n) is 1.54. The van der Waals surface area contributed by atoms with Gasteiger partial charge in [-0.05, 0) is 12.2 Å². The predicted molar refractivity (Wildman–Crippen MR) is 30.6 cm³/mol. The fourth-order valence-electron chi connectivity index (χ4n) is 0.453. The molecule has 0 radical (unpaired) electrons. The largest absolute Gasteiger partial charge is 0.384 e. The first-order valence-corrected chi connectivity index (χ1v) is 2.30. The van der Waals surface area contributed by atoms with Gasteiger partial charge in [0.1, 0.15) is 12.4 Å². The Hall–Kier alpha value is -1.12. The number of rotatable bonds is 0. The molecule has 0 aliphatic carbocycles. The van der Waals surface area contributed by atoms with Crippen LogP contribution in [-0.2, 0) is 4.79 Å². The van der Waals surface area contributed by atoms with Crippen molar-refractivity contribution in [3.05, 3.63) is 12.2 Å². The third-order valence-corrected chi connectivity index (χ3v) is 0.857. The molecule has 0 fully saturated rings. The standard InChI is InChI=1S/C5H6N2O/c6-5-2-1-4(8)3-7-5/h1-2H,3H2,(H2,6,7). The normalized spacial score (nSPS) is 18.5. The van der Waals surface area contributed by atoms with E-state index in [1.54, 1.807) is 0 Å². The Morgan fingerprint density at radius 1 is 1.62 bits per heavy atom. The molecular weight excluding hydrogens is 104 g/mol. The highest BCUT2D eigenvalue weighted by Crippen LogP contribution is 1.87. The van der Waals surface area contributed by atoms with Gasteiger partial charge in [0, 0.05) is 0 Å². The zero-order valence-corrected chi connectivity index (χ0v) is 4.29. The second kappa shape index (κ2) is 1.78. The van der Waals surface area contributed by atoms with Gasteiger partial charge in [-0.3, -0.25) is 9.79 Å². The molecule has 1 rings (SSSR count). The Labute approximate surface area is 46.9 Å². The van der Waals surface area contributed by atoms with Gasteiger partial charge in [0.2, 0.25) is 0 Å². The number of dihydropyridines is 1. The Morgan fingerprint density at radius 2 is 2.38 bits per heavy atom. The SMILES string of the molecule is NC1=NCC(=O)C=C1. The maximum absolute atomic E-state index is 10.4. The van der Waals surface area contributed by atoms with Crippen LogP contribution in [0.4, 0.5) is 0 Å². The second-order valence-corrected chi connectivity index (χ2v) is 1.54. The average molecular weight is 110 g/mol. The van der Waals surface area contributed by atoms with Crippen LogP contribution in [0, 0.1) is 0 Å². The van der Waals surface area contributed by atoms with E-state index in [0.717, 1.165) is 0 Å². The monoisotopic (exact) mass is 110 g/mol. The lowest BCUT2D eigenvalue weighted by Gasteiger charge is -1.96. The summed E-state index contributed by atoms with van der Waals surface area (Å²) in [6.45, 7) is 0.211. The molecule has 0 unspecified atom stereocenters. The van der Waals surface area contributed by atoms with Crippen LogP contribution in [0.15, 0.2) is 17.1 Å². The first-order valence-electron chi connectivity index (χ1n) is 2.30. The number of carbonyl (C=O) groups excluding carboxylic acids is 1. The number of carbonyl (C=O) groups is 1. The Balaban J connectivity index is 2.71. The van der Waals surface area contributed by atoms with Gasteiger partial charge in [0.15, 0.2) is 5.78 Å². The van der Waals surface area contributed by atoms with E-state index in [2.05, 4.69) is 4.99 Å². The quantitative estimate of drug-likeness (QED) is 0.456. The van der Waals surface area contributed by atoms with Gasteiger partial charge in [0.25, 0.3) is 0 Å². The summed E-state index contributed by atoms with van der Waals surface area (Å²) < 4.78 is 0. The van der Waals surface area contributed by atoms with Crippen molar-refractivity contribution < 1.29 is 4.79 Å². The number of hydrogen-bond acceptors (Lipinski definition) is 3. The molecule has 1 heterocycles. The molecule has 0 aromatic heterocycles. The van der Waals surface area contributed by atoms with E-state index in [-0.39, 0.29) is 12.3 Å². The lowest BCUT2D eigenvalue weighted by Crippen LogP contribution is -2.15. The highest BCUT2D eigenvalue weighted by atomic mass is 16.1. The number of hydrogen-bond donors (Lipinski definition) is 1. The topological polar surface area (TPSA) is 55.4 Å². The van der Waals surface area contributed by atoms with Gasteiger partial charge in [-0.25, -0.2) is 0 Å². The minimum Gasteiger partial charge on any atom is -0.384 e. The minimum atomic E-state index is 0.0131.